The normalized spacial score (nSPS) is 14.7. The van der Waals surface area contributed by atoms with Gasteiger partial charge in [0.2, 0.25) is 0 Å². The Balaban J connectivity index is 1.96. The molecule has 20 heavy (non-hydrogen) atoms. The van der Waals surface area contributed by atoms with Crippen molar-refractivity contribution in [2.45, 2.75) is 32.3 Å². The van der Waals surface area contributed by atoms with Crippen LogP contribution >= 0.6 is 15.9 Å². The molecule has 0 bridgehead atoms. The van der Waals surface area contributed by atoms with Gasteiger partial charge in [-0.1, -0.05) is 25.7 Å². The molecule has 0 amide bonds. The van der Waals surface area contributed by atoms with Gasteiger partial charge in [0.05, 0.1) is 30.8 Å². The largest absolute Gasteiger partial charge is 0.375 e. The molecule has 0 N–H and O–H groups in total. The molecule has 0 atom stereocenters. The molecule has 0 saturated heterocycles. The molecule has 108 valence electrons. The quantitative estimate of drug-likeness (QED) is 0.581. The first kappa shape index (κ1) is 15.5. The van der Waals surface area contributed by atoms with Crippen molar-refractivity contribution in [3.8, 4) is 0 Å². The van der Waals surface area contributed by atoms with Gasteiger partial charge < -0.3 is 4.74 Å². The van der Waals surface area contributed by atoms with E-state index >= 15 is 0 Å². The van der Waals surface area contributed by atoms with E-state index in [0.29, 0.717) is 6.61 Å². The van der Waals surface area contributed by atoms with Gasteiger partial charge in [-0.15, -0.1) is 0 Å². The molecule has 1 aliphatic rings. The van der Waals surface area contributed by atoms with Crippen LogP contribution in [0.3, 0.4) is 0 Å². The first-order valence-electron chi connectivity index (χ1n) is 6.76. The van der Waals surface area contributed by atoms with Crippen molar-refractivity contribution >= 4 is 29.7 Å². The maximum Gasteiger partial charge on any atom is 0.133 e. The van der Waals surface area contributed by atoms with Gasteiger partial charge in [-0.2, -0.15) is 0 Å². The molecule has 4 nitrogen and oxygen atoms in total. The lowest BCUT2D eigenvalue weighted by Gasteiger charge is -2.15. The van der Waals surface area contributed by atoms with Crippen LogP contribution in [0.25, 0.3) is 0 Å². The number of rotatable bonds is 6. The van der Waals surface area contributed by atoms with Crippen molar-refractivity contribution in [2.75, 3.05) is 13.2 Å². The van der Waals surface area contributed by atoms with Crippen LogP contribution in [0, 0.1) is 0 Å². The van der Waals surface area contributed by atoms with Gasteiger partial charge in [-0.25, -0.2) is 9.97 Å². The molecule has 2 heterocycles. The summed E-state index contributed by atoms with van der Waals surface area (Å²) in [4.78, 5) is 13.3. The predicted molar refractivity (Wildman–Crippen MR) is 88.1 cm³/mol. The van der Waals surface area contributed by atoms with E-state index in [1.807, 2.05) is 12.2 Å². The molecule has 1 aromatic heterocycles. The van der Waals surface area contributed by atoms with Gasteiger partial charge in [0.15, 0.2) is 0 Å². The standard InChI is InChI=1S/C14H20BrN3OSi/c1-20(2,3)8-7-19-10-11-9-17-14(15)13(18-11)12-5-4-6-16-12/h4-5,9H,6-8,10H2,1-3H3. The van der Waals surface area contributed by atoms with Gasteiger partial charge in [-0.05, 0) is 28.1 Å². The van der Waals surface area contributed by atoms with Crippen LogP contribution in [0.15, 0.2) is 27.9 Å². The molecule has 6 heteroatoms. The second-order valence-corrected chi connectivity index (χ2v) is 12.4. The lowest BCUT2D eigenvalue weighted by Crippen LogP contribution is -2.21. The molecule has 1 aliphatic heterocycles. The third-order valence-electron chi connectivity index (χ3n) is 2.91. The Labute approximate surface area is 129 Å². The highest BCUT2D eigenvalue weighted by molar-refractivity contribution is 9.10. The Kier molecular flexibility index (Phi) is 5.23. The van der Waals surface area contributed by atoms with Gasteiger partial charge in [-0.3, -0.25) is 4.99 Å². The summed E-state index contributed by atoms with van der Waals surface area (Å²) in [6.45, 7) is 9.06. The summed E-state index contributed by atoms with van der Waals surface area (Å²) in [5, 5.41) is 0. The van der Waals surface area contributed by atoms with E-state index in [4.69, 9.17) is 4.74 Å². The van der Waals surface area contributed by atoms with E-state index in [0.717, 1.165) is 34.9 Å². The van der Waals surface area contributed by atoms with Crippen LogP contribution in [0.4, 0.5) is 0 Å². The highest BCUT2D eigenvalue weighted by Gasteiger charge is 2.14. The molecule has 0 aliphatic carbocycles. The van der Waals surface area contributed by atoms with Crippen LogP contribution in [0.1, 0.15) is 11.4 Å². The number of ether oxygens (including phenoxy) is 1. The van der Waals surface area contributed by atoms with Crippen LogP contribution in [-0.2, 0) is 11.3 Å². The second-order valence-electron chi connectivity index (χ2n) is 5.99. The summed E-state index contributed by atoms with van der Waals surface area (Å²) in [7, 11) is -1.03. The Bertz CT molecular complexity index is 538. The SMILES string of the molecule is C[Si](C)(C)CCOCc1cnc(Br)c(C2=NCC=C2)n1. The zero-order valence-corrected chi connectivity index (χ0v) is 14.8. The Morgan fingerprint density at radius 1 is 1.35 bits per heavy atom. The molecule has 1 aromatic rings. The fourth-order valence-corrected chi connectivity index (χ4v) is 2.87. The smallest absolute Gasteiger partial charge is 0.133 e. The fourth-order valence-electron chi connectivity index (χ4n) is 1.72. The predicted octanol–water partition coefficient (Wildman–Crippen LogP) is 3.45. The number of hydrogen-bond acceptors (Lipinski definition) is 4. The monoisotopic (exact) mass is 353 g/mol. The highest BCUT2D eigenvalue weighted by atomic mass is 79.9. The maximum absolute atomic E-state index is 5.71. The molecule has 0 spiro atoms. The third-order valence-corrected chi connectivity index (χ3v) is 5.19. The van der Waals surface area contributed by atoms with Crippen LogP contribution in [0.2, 0.25) is 25.7 Å². The second kappa shape index (κ2) is 6.73. The van der Waals surface area contributed by atoms with Crippen molar-refractivity contribution < 1.29 is 4.74 Å². The van der Waals surface area contributed by atoms with Crippen molar-refractivity contribution in [1.29, 1.82) is 0 Å². The lowest BCUT2D eigenvalue weighted by atomic mass is 10.2. The third kappa shape index (κ3) is 4.61. The zero-order valence-electron chi connectivity index (χ0n) is 12.2. The Morgan fingerprint density at radius 2 is 2.15 bits per heavy atom. The van der Waals surface area contributed by atoms with Gasteiger partial charge in [0.25, 0.3) is 0 Å². The van der Waals surface area contributed by atoms with Crippen molar-refractivity contribution in [3.05, 3.63) is 34.3 Å². The molecule has 0 saturated carbocycles. The summed E-state index contributed by atoms with van der Waals surface area (Å²) in [5.41, 5.74) is 2.53. The van der Waals surface area contributed by atoms with Gasteiger partial charge in [0, 0.05) is 14.7 Å². The topological polar surface area (TPSA) is 47.4 Å². The Hall–Kier alpha value is -0.853. The summed E-state index contributed by atoms with van der Waals surface area (Å²) in [5.74, 6) is 0. The van der Waals surface area contributed by atoms with E-state index in [1.165, 1.54) is 6.04 Å². The number of halogens is 1. The van der Waals surface area contributed by atoms with E-state index in [2.05, 4.69) is 50.5 Å². The zero-order chi connectivity index (χ0) is 14.6. The number of aromatic nitrogens is 2. The summed E-state index contributed by atoms with van der Waals surface area (Å²) in [6, 6.07) is 1.17. The average Bonchev–Trinajstić information content (AvgIpc) is 2.89. The molecule has 2 rings (SSSR count). The summed E-state index contributed by atoms with van der Waals surface area (Å²) >= 11 is 3.42. The number of hydrogen-bond donors (Lipinski definition) is 0. The fraction of sp³-hybridized carbons (Fsp3) is 0.500. The molecular weight excluding hydrogens is 334 g/mol. The van der Waals surface area contributed by atoms with Crippen molar-refractivity contribution in [2.24, 2.45) is 4.99 Å². The number of nitrogens with zero attached hydrogens (tertiary/aromatic N) is 3. The minimum atomic E-state index is -1.03. The van der Waals surface area contributed by atoms with E-state index in [-0.39, 0.29) is 0 Å². The maximum atomic E-state index is 5.71. The minimum absolute atomic E-state index is 0.509. The van der Waals surface area contributed by atoms with Crippen LogP contribution in [-0.4, -0.2) is 36.9 Å². The van der Waals surface area contributed by atoms with Crippen LogP contribution in [0.5, 0.6) is 0 Å². The summed E-state index contributed by atoms with van der Waals surface area (Å²) < 4.78 is 6.44. The molecule has 0 unspecified atom stereocenters. The first-order chi connectivity index (χ1) is 9.46. The van der Waals surface area contributed by atoms with Gasteiger partial charge >= 0.3 is 0 Å². The van der Waals surface area contributed by atoms with Crippen molar-refractivity contribution in [3.63, 3.8) is 0 Å². The average molecular weight is 354 g/mol. The van der Waals surface area contributed by atoms with E-state index < -0.39 is 8.07 Å². The van der Waals surface area contributed by atoms with E-state index in [1.54, 1.807) is 6.20 Å². The van der Waals surface area contributed by atoms with Gasteiger partial charge in [0.1, 0.15) is 10.3 Å². The minimum Gasteiger partial charge on any atom is -0.375 e. The first-order valence-corrected chi connectivity index (χ1v) is 11.3. The Morgan fingerprint density at radius 3 is 2.80 bits per heavy atom. The number of allylic oxidation sites excluding steroid dienone is 1. The van der Waals surface area contributed by atoms with Crippen molar-refractivity contribution in [1.82, 2.24) is 9.97 Å². The summed E-state index contributed by atoms with van der Waals surface area (Å²) in [6.07, 6.45) is 5.74. The lowest BCUT2D eigenvalue weighted by molar-refractivity contribution is 0.130. The number of aliphatic imine (C=N–C) groups is 1. The molecule has 0 fully saturated rings. The molecule has 0 aromatic carbocycles. The molecular formula is C14H20BrN3OSi. The van der Waals surface area contributed by atoms with Crippen LogP contribution < -0.4 is 0 Å². The van der Waals surface area contributed by atoms with E-state index in [9.17, 15) is 0 Å². The highest BCUT2D eigenvalue weighted by Crippen LogP contribution is 2.16. The molecule has 0 radical (unpaired) electrons.